The first-order chi connectivity index (χ1) is 16.5. The average Bonchev–Trinajstić information content (AvgIpc) is 2.85. The lowest BCUT2D eigenvalue weighted by Gasteiger charge is -2.19. The zero-order valence-corrected chi connectivity index (χ0v) is 20.0. The van der Waals surface area contributed by atoms with E-state index in [0.29, 0.717) is 12.2 Å². The van der Waals surface area contributed by atoms with Gasteiger partial charge in [-0.15, -0.1) is 0 Å². The number of carbonyl (C=O) groups is 1. The van der Waals surface area contributed by atoms with Crippen LogP contribution in [0.5, 0.6) is 5.75 Å². The van der Waals surface area contributed by atoms with Crippen molar-refractivity contribution in [2.24, 2.45) is 0 Å². The van der Waals surface area contributed by atoms with E-state index in [0.717, 1.165) is 52.4 Å². The minimum absolute atomic E-state index is 0.0661. The third-order valence-corrected chi connectivity index (χ3v) is 5.55. The van der Waals surface area contributed by atoms with Gasteiger partial charge in [0.1, 0.15) is 18.5 Å². The van der Waals surface area contributed by atoms with Gasteiger partial charge < -0.3 is 14.6 Å². The summed E-state index contributed by atoms with van der Waals surface area (Å²) in [6, 6.07) is 17.6. The zero-order valence-electron chi connectivity index (χ0n) is 20.0. The summed E-state index contributed by atoms with van der Waals surface area (Å²) in [5, 5.41) is 10.1. The number of nitrogens with zero attached hydrogens (tertiary/aromatic N) is 1. The molecule has 5 heteroatoms. The van der Waals surface area contributed by atoms with Crippen LogP contribution in [0.4, 0.5) is 0 Å². The van der Waals surface area contributed by atoms with Crippen LogP contribution in [0.25, 0.3) is 16.5 Å². The summed E-state index contributed by atoms with van der Waals surface area (Å²) in [6.07, 6.45) is 7.01. The standard InChI is InChI=1S/C29H33NO4/c1-4-5-9-21(2)27(25-18-23-10-6-7-13-28(23)30-20-25)14-15-29(34-22(3)32)24-11-8-12-26(19-24)33-17-16-31/h6-8,10-14,18-20,29,31H,2,4-5,9,15-17H2,1,3H3/b27-14-/t29-/m0/s1. The molecule has 0 aliphatic carbocycles. The number of pyridine rings is 1. The number of rotatable bonds is 12. The minimum Gasteiger partial charge on any atom is -0.491 e. The van der Waals surface area contributed by atoms with Crippen molar-refractivity contribution in [3.63, 3.8) is 0 Å². The number of hydrogen-bond donors (Lipinski definition) is 1. The molecule has 1 heterocycles. The number of carbonyl (C=O) groups excluding carboxylic acids is 1. The number of allylic oxidation sites excluding steroid dienone is 2. The van der Waals surface area contributed by atoms with Crippen LogP contribution in [0.3, 0.4) is 0 Å². The van der Waals surface area contributed by atoms with Crippen LogP contribution < -0.4 is 4.74 Å². The molecule has 0 radical (unpaired) electrons. The largest absolute Gasteiger partial charge is 0.491 e. The fourth-order valence-corrected chi connectivity index (χ4v) is 3.86. The molecular formula is C29H33NO4. The minimum atomic E-state index is -0.474. The van der Waals surface area contributed by atoms with Gasteiger partial charge in [0.15, 0.2) is 0 Å². The molecule has 1 N–H and O–H groups in total. The third kappa shape index (κ3) is 7.03. The first kappa shape index (κ1) is 25.2. The summed E-state index contributed by atoms with van der Waals surface area (Å²) in [5.74, 6) is 0.276. The highest BCUT2D eigenvalue weighted by Crippen LogP contribution is 2.32. The van der Waals surface area contributed by atoms with Gasteiger partial charge in [0, 0.05) is 30.5 Å². The van der Waals surface area contributed by atoms with Crippen molar-refractivity contribution in [1.82, 2.24) is 4.98 Å². The second-order valence-electron chi connectivity index (χ2n) is 8.22. The molecule has 0 saturated carbocycles. The Morgan fingerprint density at radius 2 is 2.00 bits per heavy atom. The summed E-state index contributed by atoms with van der Waals surface area (Å²) < 4.78 is 11.2. The fraction of sp³-hybridized carbons (Fsp3) is 0.310. The van der Waals surface area contributed by atoms with Crippen molar-refractivity contribution in [2.45, 2.75) is 45.6 Å². The number of fused-ring (bicyclic) bond motifs is 1. The van der Waals surface area contributed by atoms with E-state index >= 15 is 0 Å². The first-order valence-electron chi connectivity index (χ1n) is 11.8. The van der Waals surface area contributed by atoms with E-state index in [1.54, 1.807) is 0 Å². The Morgan fingerprint density at radius 1 is 1.18 bits per heavy atom. The SMILES string of the molecule is C=C(CCCC)/C(=C/C[C@H](OC(C)=O)c1cccc(OCCO)c1)c1cnc2ccccc2c1. The van der Waals surface area contributed by atoms with Crippen LogP contribution in [0.15, 0.2) is 79.0 Å². The summed E-state index contributed by atoms with van der Waals surface area (Å²) in [7, 11) is 0. The molecule has 0 aliphatic rings. The number of benzene rings is 2. The number of esters is 1. The molecule has 1 aromatic heterocycles. The van der Waals surface area contributed by atoms with Gasteiger partial charge in [-0.3, -0.25) is 9.78 Å². The third-order valence-electron chi connectivity index (χ3n) is 5.55. The second-order valence-corrected chi connectivity index (χ2v) is 8.22. The van der Waals surface area contributed by atoms with E-state index in [2.05, 4.69) is 36.7 Å². The number of aliphatic hydroxyl groups excluding tert-OH is 1. The van der Waals surface area contributed by atoms with Crippen molar-refractivity contribution in [3.8, 4) is 5.75 Å². The van der Waals surface area contributed by atoms with E-state index in [9.17, 15) is 4.79 Å². The zero-order chi connectivity index (χ0) is 24.3. The van der Waals surface area contributed by atoms with E-state index in [1.165, 1.54) is 6.92 Å². The monoisotopic (exact) mass is 459 g/mol. The van der Waals surface area contributed by atoms with Crippen LogP contribution >= 0.6 is 0 Å². The lowest BCUT2D eigenvalue weighted by Crippen LogP contribution is -2.09. The van der Waals surface area contributed by atoms with E-state index in [4.69, 9.17) is 14.6 Å². The van der Waals surface area contributed by atoms with Gasteiger partial charge in [-0.2, -0.15) is 0 Å². The average molecular weight is 460 g/mol. The Kier molecular flexibility index (Phi) is 9.41. The maximum Gasteiger partial charge on any atom is 0.303 e. The van der Waals surface area contributed by atoms with Gasteiger partial charge in [0.25, 0.3) is 0 Å². The van der Waals surface area contributed by atoms with E-state index in [-0.39, 0.29) is 19.2 Å². The quantitative estimate of drug-likeness (QED) is 0.250. The molecular weight excluding hydrogens is 426 g/mol. The Morgan fingerprint density at radius 3 is 2.76 bits per heavy atom. The number of hydrogen-bond acceptors (Lipinski definition) is 5. The van der Waals surface area contributed by atoms with Gasteiger partial charge in [0.2, 0.25) is 0 Å². The van der Waals surface area contributed by atoms with Gasteiger partial charge in [-0.25, -0.2) is 0 Å². The molecule has 0 aliphatic heterocycles. The number of para-hydroxylation sites is 1. The maximum absolute atomic E-state index is 11.9. The smallest absolute Gasteiger partial charge is 0.303 e. The molecule has 0 spiro atoms. The lowest BCUT2D eigenvalue weighted by atomic mass is 9.93. The first-order valence-corrected chi connectivity index (χ1v) is 11.8. The van der Waals surface area contributed by atoms with Crippen molar-refractivity contribution in [2.75, 3.05) is 13.2 Å². The molecule has 1 atom stereocenters. The van der Waals surface area contributed by atoms with Crippen LogP contribution in [0.1, 0.15) is 56.8 Å². The highest BCUT2D eigenvalue weighted by atomic mass is 16.5. The van der Waals surface area contributed by atoms with Crippen LogP contribution in [0, 0.1) is 0 Å². The fourth-order valence-electron chi connectivity index (χ4n) is 3.86. The van der Waals surface area contributed by atoms with Crippen molar-refractivity contribution < 1.29 is 19.4 Å². The molecule has 178 valence electrons. The summed E-state index contributed by atoms with van der Waals surface area (Å²) >= 11 is 0. The Labute approximate surface area is 201 Å². The molecule has 5 nitrogen and oxygen atoms in total. The Hall–Kier alpha value is -3.44. The molecule has 0 fully saturated rings. The number of aromatic nitrogens is 1. The van der Waals surface area contributed by atoms with Gasteiger partial charge in [-0.1, -0.05) is 56.3 Å². The predicted molar refractivity (Wildman–Crippen MR) is 137 cm³/mol. The molecule has 3 aromatic rings. The number of ether oxygens (including phenoxy) is 2. The lowest BCUT2D eigenvalue weighted by molar-refractivity contribution is -0.146. The van der Waals surface area contributed by atoms with Crippen LogP contribution in [-0.4, -0.2) is 29.3 Å². The normalized spacial score (nSPS) is 12.4. The maximum atomic E-state index is 11.9. The van der Waals surface area contributed by atoms with E-state index < -0.39 is 6.10 Å². The van der Waals surface area contributed by atoms with Crippen molar-refractivity contribution >= 4 is 22.4 Å². The van der Waals surface area contributed by atoms with Gasteiger partial charge >= 0.3 is 5.97 Å². The molecule has 0 unspecified atom stereocenters. The molecule has 0 amide bonds. The topological polar surface area (TPSA) is 68.7 Å². The Bertz CT molecular complexity index is 1150. The molecule has 2 aromatic carbocycles. The predicted octanol–water partition coefficient (Wildman–Crippen LogP) is 6.43. The van der Waals surface area contributed by atoms with Crippen molar-refractivity contribution in [3.05, 3.63) is 90.1 Å². The molecule has 0 saturated heterocycles. The highest BCUT2D eigenvalue weighted by Gasteiger charge is 2.16. The number of unbranched alkanes of at least 4 members (excludes halogenated alkanes) is 1. The van der Waals surface area contributed by atoms with Gasteiger partial charge in [-0.05, 0) is 53.8 Å². The molecule has 34 heavy (non-hydrogen) atoms. The Balaban J connectivity index is 1.95. The van der Waals surface area contributed by atoms with Crippen molar-refractivity contribution in [1.29, 1.82) is 0 Å². The summed E-state index contributed by atoms with van der Waals surface area (Å²) in [4.78, 5) is 16.5. The molecule has 3 rings (SSSR count). The second kappa shape index (κ2) is 12.7. The van der Waals surface area contributed by atoms with Crippen LogP contribution in [-0.2, 0) is 9.53 Å². The van der Waals surface area contributed by atoms with Gasteiger partial charge in [0.05, 0.1) is 12.1 Å². The van der Waals surface area contributed by atoms with E-state index in [1.807, 2.05) is 48.7 Å². The van der Waals surface area contributed by atoms with Crippen LogP contribution in [0.2, 0.25) is 0 Å². The molecule has 0 bridgehead atoms. The number of aliphatic hydroxyl groups is 1. The summed E-state index contributed by atoms with van der Waals surface area (Å²) in [6.45, 7) is 8.08. The summed E-state index contributed by atoms with van der Waals surface area (Å²) in [5.41, 5.74) is 4.85. The highest BCUT2D eigenvalue weighted by molar-refractivity contribution is 5.86.